The van der Waals surface area contributed by atoms with E-state index in [0.29, 0.717) is 6.04 Å². The van der Waals surface area contributed by atoms with Crippen molar-refractivity contribution in [3.05, 3.63) is 9.77 Å². The van der Waals surface area contributed by atoms with Gasteiger partial charge in [-0.1, -0.05) is 13.8 Å². The summed E-state index contributed by atoms with van der Waals surface area (Å²) < 4.78 is 3.05. The number of hydrogen-bond acceptors (Lipinski definition) is 2. The van der Waals surface area contributed by atoms with Crippen LogP contribution in [0.1, 0.15) is 32.7 Å². The normalized spacial score (nSPS) is 26.6. The maximum Gasteiger partial charge on any atom is 0.135 e. The predicted octanol–water partition coefficient (Wildman–Crippen LogP) is 2.68. The van der Waals surface area contributed by atoms with Crippen LogP contribution in [0.25, 0.3) is 0 Å². The van der Waals surface area contributed by atoms with Gasteiger partial charge in [-0.3, -0.25) is 0 Å². The summed E-state index contributed by atoms with van der Waals surface area (Å²) in [5, 5.41) is 4.32. The van der Waals surface area contributed by atoms with E-state index in [-0.39, 0.29) is 0 Å². The third-order valence-electron chi connectivity index (χ3n) is 3.23. The molecule has 1 saturated carbocycles. The van der Waals surface area contributed by atoms with Crippen LogP contribution in [0.15, 0.2) is 6.20 Å². The molecule has 1 heterocycles. The monoisotopic (exact) mass is 305 g/mol. The molecule has 0 aliphatic heterocycles. The Balaban J connectivity index is 2.03. The lowest BCUT2D eigenvalue weighted by molar-refractivity contribution is 0.139. The first-order valence-electron chi connectivity index (χ1n) is 5.08. The first-order valence-corrected chi connectivity index (χ1v) is 6.16. The van der Waals surface area contributed by atoms with Crippen LogP contribution in [0.2, 0.25) is 0 Å². The van der Waals surface area contributed by atoms with E-state index in [9.17, 15) is 0 Å². The Morgan fingerprint density at radius 2 is 2.21 bits per heavy atom. The molecular formula is C10H16IN3. The van der Waals surface area contributed by atoms with Crippen molar-refractivity contribution in [3.63, 3.8) is 0 Å². The number of nitrogen functional groups attached to an aromatic ring is 1. The number of rotatable bonds is 2. The Hall–Kier alpha value is -0.260. The Bertz CT molecular complexity index is 326. The molecular weight excluding hydrogens is 289 g/mol. The molecule has 1 aromatic heterocycles. The largest absolute Gasteiger partial charge is 0.383 e. The molecule has 2 N–H and O–H groups in total. The Morgan fingerprint density at radius 3 is 2.64 bits per heavy atom. The van der Waals surface area contributed by atoms with Crippen molar-refractivity contribution < 1.29 is 0 Å². The van der Waals surface area contributed by atoms with Gasteiger partial charge < -0.3 is 5.73 Å². The first kappa shape index (κ1) is 10.3. The third-order valence-corrected chi connectivity index (χ3v) is 4.06. The van der Waals surface area contributed by atoms with E-state index >= 15 is 0 Å². The van der Waals surface area contributed by atoms with Gasteiger partial charge in [-0.2, -0.15) is 5.10 Å². The molecule has 0 bridgehead atoms. The minimum absolute atomic E-state index is 0.547. The molecule has 0 saturated heterocycles. The molecule has 4 heteroatoms. The average molecular weight is 305 g/mol. The molecule has 1 aliphatic carbocycles. The lowest BCUT2D eigenvalue weighted by atomic mass is 9.74. The maximum atomic E-state index is 5.93. The minimum atomic E-state index is 0.547. The van der Waals surface area contributed by atoms with Crippen molar-refractivity contribution in [2.45, 2.75) is 32.7 Å². The third kappa shape index (κ3) is 1.64. The van der Waals surface area contributed by atoms with Gasteiger partial charge in [0.1, 0.15) is 5.82 Å². The van der Waals surface area contributed by atoms with E-state index in [1.165, 1.54) is 12.8 Å². The predicted molar refractivity (Wildman–Crippen MR) is 66.0 cm³/mol. The first-order chi connectivity index (χ1) is 6.59. The van der Waals surface area contributed by atoms with Crippen LogP contribution >= 0.6 is 22.6 Å². The quantitative estimate of drug-likeness (QED) is 0.854. The van der Waals surface area contributed by atoms with E-state index in [4.69, 9.17) is 5.73 Å². The molecule has 2 rings (SSSR count). The maximum absolute atomic E-state index is 5.93. The smallest absolute Gasteiger partial charge is 0.135 e. The van der Waals surface area contributed by atoms with Gasteiger partial charge in [0.25, 0.3) is 0 Å². The van der Waals surface area contributed by atoms with E-state index in [1.54, 1.807) is 0 Å². The van der Waals surface area contributed by atoms with Crippen molar-refractivity contribution in [1.29, 1.82) is 0 Å². The molecule has 14 heavy (non-hydrogen) atoms. The molecule has 3 nitrogen and oxygen atoms in total. The van der Waals surface area contributed by atoms with E-state index in [2.05, 4.69) is 41.5 Å². The fourth-order valence-corrected chi connectivity index (χ4v) is 2.39. The van der Waals surface area contributed by atoms with Gasteiger partial charge in [0, 0.05) is 0 Å². The second-order valence-corrected chi connectivity index (χ2v) is 5.61. The highest BCUT2D eigenvalue weighted by atomic mass is 127. The van der Waals surface area contributed by atoms with E-state index < -0.39 is 0 Å². The van der Waals surface area contributed by atoms with Gasteiger partial charge in [0.05, 0.1) is 15.8 Å². The van der Waals surface area contributed by atoms with Crippen molar-refractivity contribution in [1.82, 2.24) is 9.78 Å². The molecule has 78 valence electrons. The summed E-state index contributed by atoms with van der Waals surface area (Å²) in [4.78, 5) is 0. The van der Waals surface area contributed by atoms with Crippen LogP contribution in [-0.2, 0) is 0 Å². The molecule has 0 spiro atoms. The minimum Gasteiger partial charge on any atom is -0.383 e. The lowest BCUT2D eigenvalue weighted by Crippen LogP contribution is -2.31. The van der Waals surface area contributed by atoms with Crippen LogP contribution in [0.3, 0.4) is 0 Å². The number of nitrogens with two attached hydrogens (primary N) is 1. The zero-order chi connectivity index (χ0) is 10.3. The summed E-state index contributed by atoms with van der Waals surface area (Å²) in [7, 11) is 0. The highest BCUT2D eigenvalue weighted by Gasteiger charge is 2.33. The van der Waals surface area contributed by atoms with Gasteiger partial charge in [-0.15, -0.1) is 0 Å². The summed E-state index contributed by atoms with van der Waals surface area (Å²) in [6.45, 7) is 4.58. The fraction of sp³-hybridized carbons (Fsp3) is 0.700. The Kier molecular flexibility index (Phi) is 2.72. The van der Waals surface area contributed by atoms with Crippen molar-refractivity contribution in [3.8, 4) is 0 Å². The van der Waals surface area contributed by atoms with Crippen LogP contribution in [0, 0.1) is 15.4 Å². The molecule has 0 aromatic carbocycles. The van der Waals surface area contributed by atoms with Crippen molar-refractivity contribution >= 4 is 28.4 Å². The second kappa shape index (κ2) is 3.72. The van der Waals surface area contributed by atoms with Gasteiger partial charge in [0.15, 0.2) is 0 Å². The summed E-state index contributed by atoms with van der Waals surface area (Å²) >= 11 is 2.23. The summed E-state index contributed by atoms with van der Waals surface area (Å²) in [5.41, 5.74) is 5.93. The summed E-state index contributed by atoms with van der Waals surface area (Å²) in [6.07, 6.45) is 4.32. The topological polar surface area (TPSA) is 43.8 Å². The van der Waals surface area contributed by atoms with Gasteiger partial charge in [-0.05, 0) is 47.3 Å². The van der Waals surface area contributed by atoms with Gasteiger partial charge in [0.2, 0.25) is 0 Å². The molecule has 1 fully saturated rings. The van der Waals surface area contributed by atoms with E-state index in [0.717, 1.165) is 21.2 Å². The highest BCUT2D eigenvalue weighted by Crippen LogP contribution is 2.42. The summed E-state index contributed by atoms with van der Waals surface area (Å²) in [5.74, 6) is 2.49. The number of halogens is 1. The van der Waals surface area contributed by atoms with Crippen LogP contribution in [0.5, 0.6) is 0 Å². The number of nitrogens with zero attached hydrogens (tertiary/aromatic N) is 2. The standard InChI is InChI=1S/C10H16IN3/c1-6(2)7-3-8(4-7)14-10(12)9(11)5-13-14/h5-8H,3-4,12H2,1-2H3. The highest BCUT2D eigenvalue weighted by molar-refractivity contribution is 14.1. The van der Waals surface area contributed by atoms with E-state index in [1.807, 2.05) is 10.9 Å². The van der Waals surface area contributed by atoms with Crippen LogP contribution in [-0.4, -0.2) is 9.78 Å². The molecule has 1 aromatic rings. The fourth-order valence-electron chi connectivity index (χ4n) is 2.02. The zero-order valence-electron chi connectivity index (χ0n) is 8.57. The average Bonchev–Trinajstić information content (AvgIpc) is 2.32. The number of aromatic nitrogens is 2. The molecule has 0 unspecified atom stereocenters. The lowest BCUT2D eigenvalue weighted by Gasteiger charge is -2.38. The summed E-state index contributed by atoms with van der Waals surface area (Å²) in [6, 6.07) is 0.547. The Morgan fingerprint density at radius 1 is 1.57 bits per heavy atom. The molecule has 0 radical (unpaired) electrons. The van der Waals surface area contributed by atoms with Gasteiger partial charge >= 0.3 is 0 Å². The van der Waals surface area contributed by atoms with Crippen molar-refractivity contribution in [2.24, 2.45) is 11.8 Å². The molecule has 0 amide bonds. The second-order valence-electron chi connectivity index (χ2n) is 4.45. The van der Waals surface area contributed by atoms with Crippen LogP contribution < -0.4 is 5.73 Å². The van der Waals surface area contributed by atoms with Crippen molar-refractivity contribution in [2.75, 3.05) is 5.73 Å². The number of anilines is 1. The molecule has 0 atom stereocenters. The SMILES string of the molecule is CC(C)C1CC(n2ncc(I)c2N)C1. The van der Waals surface area contributed by atoms with Crippen LogP contribution in [0.4, 0.5) is 5.82 Å². The van der Waals surface area contributed by atoms with Gasteiger partial charge in [-0.25, -0.2) is 4.68 Å². The number of hydrogen-bond donors (Lipinski definition) is 1. The molecule has 1 aliphatic rings. The Labute approximate surface area is 98.2 Å². The zero-order valence-corrected chi connectivity index (χ0v) is 10.7.